The van der Waals surface area contributed by atoms with Crippen molar-refractivity contribution in [3.05, 3.63) is 265 Å². The Hall–Kier alpha value is -8.72. The Labute approximate surface area is 421 Å². The molecule has 14 rings (SSSR count). The maximum atomic E-state index is 2.55. The number of benzene rings is 12. The van der Waals surface area contributed by atoms with Crippen molar-refractivity contribution < 1.29 is 0 Å². The normalized spacial score (nSPS) is 13.8. The fourth-order valence-corrected chi connectivity index (χ4v) is 12.7. The molecule has 0 unspecified atom stereocenters. The van der Waals surface area contributed by atoms with Crippen LogP contribution in [0.3, 0.4) is 0 Å². The Morgan fingerprint density at radius 2 is 0.653 bits per heavy atom. The Bertz CT molecular complexity index is 4110. The maximum Gasteiger partial charge on any atom is 0.0619 e. The molecular weight excluding hydrogens is 869 g/mol. The SMILES string of the molecule is CC1(C)c2ccccc2-c2ccc(N(c3ccc(-c4c5ccccc5c(N(c5ccc6c(c5)C(C)(C)c5ccccc5-6)c5cccc6ccccc56)c5ccccc45)cc3)c3cccc4ccccc34)cc21. The molecular formula is C70H52N2. The highest BCUT2D eigenvalue weighted by atomic mass is 15.2. The highest BCUT2D eigenvalue weighted by molar-refractivity contribution is 6.23. The number of nitrogens with zero attached hydrogens (tertiary/aromatic N) is 2. The maximum absolute atomic E-state index is 2.55. The molecule has 0 amide bonds. The quantitative estimate of drug-likeness (QED) is 0.147. The lowest BCUT2D eigenvalue weighted by Gasteiger charge is -2.32. The number of hydrogen-bond donors (Lipinski definition) is 0. The first-order chi connectivity index (χ1) is 35.3. The molecule has 12 aromatic carbocycles. The molecule has 0 atom stereocenters. The summed E-state index contributed by atoms with van der Waals surface area (Å²) in [7, 11) is 0. The van der Waals surface area contributed by atoms with Crippen molar-refractivity contribution in [2.45, 2.75) is 38.5 Å². The first-order valence-electron chi connectivity index (χ1n) is 25.3. The molecule has 0 aliphatic heterocycles. The van der Waals surface area contributed by atoms with Crippen LogP contribution < -0.4 is 9.80 Å². The molecule has 12 aromatic rings. The van der Waals surface area contributed by atoms with E-state index in [1.54, 1.807) is 0 Å². The van der Waals surface area contributed by atoms with Gasteiger partial charge in [-0.05, 0) is 126 Å². The molecule has 0 aromatic heterocycles. The Kier molecular flexibility index (Phi) is 9.32. The topological polar surface area (TPSA) is 6.48 Å². The lowest BCUT2D eigenvalue weighted by atomic mass is 9.82. The second-order valence-electron chi connectivity index (χ2n) is 20.8. The lowest BCUT2D eigenvalue weighted by molar-refractivity contribution is 0.660. The molecule has 2 aliphatic rings. The highest BCUT2D eigenvalue weighted by Crippen LogP contribution is 2.55. The summed E-state index contributed by atoms with van der Waals surface area (Å²) < 4.78 is 0. The van der Waals surface area contributed by atoms with Crippen LogP contribution in [-0.2, 0) is 10.8 Å². The minimum Gasteiger partial charge on any atom is -0.310 e. The Balaban J connectivity index is 0.966. The largest absolute Gasteiger partial charge is 0.310 e. The van der Waals surface area contributed by atoms with Gasteiger partial charge in [0, 0.05) is 49.4 Å². The van der Waals surface area contributed by atoms with Crippen LogP contribution in [0.2, 0.25) is 0 Å². The molecule has 342 valence electrons. The van der Waals surface area contributed by atoms with E-state index in [2.05, 4.69) is 280 Å². The smallest absolute Gasteiger partial charge is 0.0619 e. The number of hydrogen-bond acceptors (Lipinski definition) is 2. The lowest BCUT2D eigenvalue weighted by Crippen LogP contribution is -2.17. The first-order valence-corrected chi connectivity index (χ1v) is 25.3. The van der Waals surface area contributed by atoms with Crippen LogP contribution in [-0.4, -0.2) is 0 Å². The van der Waals surface area contributed by atoms with Crippen molar-refractivity contribution in [3.8, 4) is 33.4 Å². The van der Waals surface area contributed by atoms with E-state index in [1.807, 2.05) is 0 Å². The minimum atomic E-state index is -0.154. The van der Waals surface area contributed by atoms with Crippen LogP contribution >= 0.6 is 0 Å². The molecule has 0 bridgehead atoms. The summed E-state index contributed by atoms with van der Waals surface area (Å²) in [5.74, 6) is 0. The van der Waals surface area contributed by atoms with Gasteiger partial charge in [-0.2, -0.15) is 0 Å². The Morgan fingerprint density at radius 3 is 1.17 bits per heavy atom. The van der Waals surface area contributed by atoms with Gasteiger partial charge in [0.05, 0.1) is 17.1 Å². The predicted octanol–water partition coefficient (Wildman–Crippen LogP) is 19.5. The van der Waals surface area contributed by atoms with Crippen molar-refractivity contribution in [2.24, 2.45) is 0 Å². The molecule has 0 fully saturated rings. The van der Waals surface area contributed by atoms with Gasteiger partial charge in [-0.1, -0.05) is 222 Å². The van der Waals surface area contributed by atoms with Gasteiger partial charge in [0.1, 0.15) is 0 Å². The molecule has 72 heavy (non-hydrogen) atoms. The van der Waals surface area contributed by atoms with Crippen molar-refractivity contribution in [1.29, 1.82) is 0 Å². The van der Waals surface area contributed by atoms with Crippen molar-refractivity contribution in [3.63, 3.8) is 0 Å². The van der Waals surface area contributed by atoms with Crippen LogP contribution in [0.15, 0.2) is 243 Å². The van der Waals surface area contributed by atoms with Crippen molar-refractivity contribution in [2.75, 3.05) is 9.80 Å². The zero-order valence-electron chi connectivity index (χ0n) is 41.0. The zero-order valence-corrected chi connectivity index (χ0v) is 41.0. The summed E-state index contributed by atoms with van der Waals surface area (Å²) >= 11 is 0. The molecule has 2 nitrogen and oxygen atoms in total. The Morgan fingerprint density at radius 1 is 0.278 bits per heavy atom. The number of fused-ring (bicyclic) bond motifs is 10. The average Bonchev–Trinajstić information content (AvgIpc) is 3.80. The fraction of sp³-hybridized carbons (Fsp3) is 0.0857. The third-order valence-electron chi connectivity index (χ3n) is 16.2. The van der Waals surface area contributed by atoms with E-state index in [0.717, 1.165) is 28.4 Å². The second kappa shape index (κ2) is 15.9. The van der Waals surface area contributed by atoms with Crippen LogP contribution in [0.1, 0.15) is 49.9 Å². The first kappa shape index (κ1) is 42.2. The van der Waals surface area contributed by atoms with Gasteiger partial charge in [-0.3, -0.25) is 0 Å². The molecule has 0 saturated carbocycles. The van der Waals surface area contributed by atoms with Gasteiger partial charge in [0.15, 0.2) is 0 Å². The average molecular weight is 921 g/mol. The van der Waals surface area contributed by atoms with E-state index in [-0.39, 0.29) is 10.8 Å². The van der Waals surface area contributed by atoms with E-state index in [9.17, 15) is 0 Å². The van der Waals surface area contributed by atoms with E-state index in [1.165, 1.54) is 104 Å². The van der Waals surface area contributed by atoms with E-state index < -0.39 is 0 Å². The monoisotopic (exact) mass is 920 g/mol. The van der Waals surface area contributed by atoms with Crippen LogP contribution in [0.5, 0.6) is 0 Å². The zero-order chi connectivity index (χ0) is 48.3. The van der Waals surface area contributed by atoms with Gasteiger partial charge >= 0.3 is 0 Å². The summed E-state index contributed by atoms with van der Waals surface area (Å²) in [6.07, 6.45) is 0. The van der Waals surface area contributed by atoms with Gasteiger partial charge in [0.2, 0.25) is 0 Å². The van der Waals surface area contributed by atoms with E-state index in [0.29, 0.717) is 0 Å². The van der Waals surface area contributed by atoms with Gasteiger partial charge < -0.3 is 9.80 Å². The van der Waals surface area contributed by atoms with Gasteiger partial charge in [0.25, 0.3) is 0 Å². The summed E-state index contributed by atoms with van der Waals surface area (Å²) in [6.45, 7) is 9.49. The van der Waals surface area contributed by atoms with Crippen LogP contribution in [0.25, 0.3) is 76.5 Å². The molecule has 2 heteroatoms. The number of rotatable bonds is 7. The van der Waals surface area contributed by atoms with E-state index >= 15 is 0 Å². The van der Waals surface area contributed by atoms with Crippen molar-refractivity contribution in [1.82, 2.24) is 0 Å². The predicted molar refractivity (Wildman–Crippen MR) is 306 cm³/mol. The molecule has 0 spiro atoms. The number of anilines is 6. The fourth-order valence-electron chi connectivity index (χ4n) is 12.7. The standard InChI is InChI=1S/C70H52N2/c1-69(2)61-31-15-13-25-53(61)55-41-39-49(43-63(55)69)71(65-33-17-21-45-19-5-7-23-51(45)65)48-37-35-47(36-38-48)67-57-27-9-11-29-59(57)68(60-30-12-10-28-58(60)67)72(66-34-18-22-46-20-6-8-24-52(46)66)50-40-42-56-54-26-14-16-32-62(54)70(3,4)64(56)44-50/h5-44H,1-4H3. The molecule has 0 radical (unpaired) electrons. The highest BCUT2D eigenvalue weighted by Gasteiger charge is 2.37. The summed E-state index contributed by atoms with van der Waals surface area (Å²) in [5, 5.41) is 9.68. The summed E-state index contributed by atoms with van der Waals surface area (Å²) in [6, 6.07) is 90.6. The molecule has 0 saturated heterocycles. The minimum absolute atomic E-state index is 0.128. The van der Waals surface area contributed by atoms with Gasteiger partial charge in [-0.15, -0.1) is 0 Å². The molecule has 0 N–H and O–H groups in total. The van der Waals surface area contributed by atoms with E-state index in [4.69, 9.17) is 0 Å². The summed E-state index contributed by atoms with van der Waals surface area (Å²) in [5.41, 5.74) is 19.8. The van der Waals surface area contributed by atoms with Crippen LogP contribution in [0, 0.1) is 0 Å². The third kappa shape index (κ3) is 6.22. The third-order valence-corrected chi connectivity index (χ3v) is 16.2. The molecule has 2 aliphatic carbocycles. The van der Waals surface area contributed by atoms with Crippen molar-refractivity contribution >= 4 is 77.2 Å². The second-order valence-corrected chi connectivity index (χ2v) is 20.8. The summed E-state index contributed by atoms with van der Waals surface area (Å²) in [4.78, 5) is 5.01. The molecule has 0 heterocycles. The van der Waals surface area contributed by atoms with Crippen LogP contribution in [0.4, 0.5) is 34.1 Å². The van der Waals surface area contributed by atoms with Gasteiger partial charge in [-0.25, -0.2) is 0 Å².